The number of nitrogens with zero attached hydrogens (tertiary/aromatic N) is 4. The van der Waals surface area contributed by atoms with E-state index in [4.69, 9.17) is 4.98 Å². The van der Waals surface area contributed by atoms with Gasteiger partial charge in [0.1, 0.15) is 11.3 Å². The molecular formula is C25H24N8O. The molecule has 0 bridgehead atoms. The van der Waals surface area contributed by atoms with Crippen molar-refractivity contribution in [1.29, 1.82) is 0 Å². The minimum atomic E-state index is -0.272. The van der Waals surface area contributed by atoms with Crippen molar-refractivity contribution >= 4 is 40.0 Å². The normalized spacial score (nSPS) is 15.1. The topological polar surface area (TPSA) is 117 Å². The van der Waals surface area contributed by atoms with Crippen LogP contribution in [0.5, 0.6) is 0 Å². The molecule has 1 atom stereocenters. The molecule has 1 amide bonds. The number of carbonyl (C=O) groups is 1. The standard InChI is InChI=1S/C25H24N8O/c1-2-22(34)31-18-5-3-4-16(12-18)23-24-17(8-11-27-23)13-29-25(33-24)32-19-6-7-21(28-15-19)30-20-9-10-26-14-20/h2-8,11-13,15,20,26H,1,9-10,14H2,(H,28,30)(H,31,34)(H,29,32,33). The van der Waals surface area contributed by atoms with Crippen LogP contribution in [0.15, 0.2) is 73.7 Å². The summed E-state index contributed by atoms with van der Waals surface area (Å²) in [7, 11) is 0. The third-order valence-electron chi connectivity index (χ3n) is 5.52. The fourth-order valence-electron chi connectivity index (χ4n) is 3.83. The number of pyridine rings is 2. The van der Waals surface area contributed by atoms with Gasteiger partial charge < -0.3 is 21.3 Å². The first-order valence-electron chi connectivity index (χ1n) is 11.0. The lowest BCUT2D eigenvalue weighted by atomic mass is 10.1. The van der Waals surface area contributed by atoms with Gasteiger partial charge in [-0.3, -0.25) is 9.78 Å². The lowest BCUT2D eigenvalue weighted by molar-refractivity contribution is -0.111. The lowest BCUT2D eigenvalue weighted by Gasteiger charge is -2.12. The van der Waals surface area contributed by atoms with E-state index in [-0.39, 0.29) is 5.91 Å². The average molecular weight is 453 g/mol. The molecule has 3 aromatic heterocycles. The fraction of sp³-hybridized carbons (Fsp3) is 0.160. The summed E-state index contributed by atoms with van der Waals surface area (Å²) in [6.07, 6.45) is 7.56. The van der Waals surface area contributed by atoms with Crippen LogP contribution in [0.2, 0.25) is 0 Å². The Labute approximate surface area is 196 Å². The molecule has 5 rings (SSSR count). The first-order chi connectivity index (χ1) is 16.7. The van der Waals surface area contributed by atoms with Crippen molar-refractivity contribution in [3.8, 4) is 11.3 Å². The molecule has 9 heteroatoms. The SMILES string of the molecule is C=CC(=O)Nc1cccc(-c2nccc3cnc(Nc4ccc(NC5CCNC5)nc4)nc23)c1. The first kappa shape index (κ1) is 21.5. The van der Waals surface area contributed by atoms with Gasteiger partial charge in [0.05, 0.1) is 17.6 Å². The summed E-state index contributed by atoms with van der Waals surface area (Å²) in [5, 5.41) is 13.6. The van der Waals surface area contributed by atoms with E-state index in [1.54, 1.807) is 18.6 Å². The first-order valence-corrected chi connectivity index (χ1v) is 11.0. The summed E-state index contributed by atoms with van der Waals surface area (Å²) in [6.45, 7) is 5.47. The largest absolute Gasteiger partial charge is 0.366 e. The highest BCUT2D eigenvalue weighted by atomic mass is 16.1. The van der Waals surface area contributed by atoms with Gasteiger partial charge in [0.15, 0.2) is 0 Å². The predicted octanol–water partition coefficient (Wildman–Crippen LogP) is 3.73. The molecule has 4 aromatic rings. The van der Waals surface area contributed by atoms with Crippen molar-refractivity contribution in [2.24, 2.45) is 0 Å². The van der Waals surface area contributed by atoms with E-state index < -0.39 is 0 Å². The number of amides is 1. The van der Waals surface area contributed by atoms with E-state index in [0.29, 0.717) is 28.9 Å². The smallest absolute Gasteiger partial charge is 0.247 e. The van der Waals surface area contributed by atoms with E-state index >= 15 is 0 Å². The Morgan fingerprint density at radius 3 is 2.82 bits per heavy atom. The number of benzene rings is 1. The Kier molecular flexibility index (Phi) is 6.09. The highest BCUT2D eigenvalue weighted by Crippen LogP contribution is 2.28. The zero-order valence-electron chi connectivity index (χ0n) is 18.5. The number of aromatic nitrogens is 4. The summed E-state index contributed by atoms with van der Waals surface area (Å²) < 4.78 is 0. The molecule has 4 N–H and O–H groups in total. The highest BCUT2D eigenvalue weighted by Gasteiger charge is 2.14. The van der Waals surface area contributed by atoms with E-state index in [0.717, 1.165) is 42.0 Å². The van der Waals surface area contributed by atoms with Gasteiger partial charge in [0.2, 0.25) is 11.9 Å². The van der Waals surface area contributed by atoms with Crippen LogP contribution in [0, 0.1) is 0 Å². The summed E-state index contributed by atoms with van der Waals surface area (Å²) in [4.78, 5) is 29.9. The van der Waals surface area contributed by atoms with Crippen LogP contribution >= 0.6 is 0 Å². The highest BCUT2D eigenvalue weighted by molar-refractivity contribution is 5.99. The zero-order chi connectivity index (χ0) is 23.3. The Hall–Kier alpha value is -4.37. The Balaban J connectivity index is 1.39. The van der Waals surface area contributed by atoms with Crippen LogP contribution in [0.3, 0.4) is 0 Å². The van der Waals surface area contributed by atoms with Crippen molar-refractivity contribution in [3.63, 3.8) is 0 Å². The molecule has 1 aliphatic heterocycles. The second kappa shape index (κ2) is 9.63. The summed E-state index contributed by atoms with van der Waals surface area (Å²) in [5.41, 5.74) is 3.67. The van der Waals surface area contributed by atoms with Crippen LogP contribution in [-0.2, 0) is 4.79 Å². The molecule has 1 saturated heterocycles. The van der Waals surface area contributed by atoms with E-state index in [9.17, 15) is 4.79 Å². The van der Waals surface area contributed by atoms with Gasteiger partial charge >= 0.3 is 0 Å². The molecular weight excluding hydrogens is 428 g/mol. The van der Waals surface area contributed by atoms with Crippen molar-refractivity contribution in [2.75, 3.05) is 29.0 Å². The quantitative estimate of drug-likeness (QED) is 0.314. The number of fused-ring (bicyclic) bond motifs is 1. The van der Waals surface area contributed by atoms with Gasteiger partial charge in [-0.05, 0) is 49.4 Å². The van der Waals surface area contributed by atoms with Crippen LogP contribution in [0.25, 0.3) is 22.2 Å². The number of rotatable bonds is 7. The maximum atomic E-state index is 11.7. The lowest BCUT2D eigenvalue weighted by Crippen LogP contribution is -2.22. The number of carbonyl (C=O) groups excluding carboxylic acids is 1. The molecule has 34 heavy (non-hydrogen) atoms. The van der Waals surface area contributed by atoms with E-state index in [1.807, 2.05) is 42.5 Å². The molecule has 0 spiro atoms. The van der Waals surface area contributed by atoms with Crippen molar-refractivity contribution in [3.05, 3.63) is 73.7 Å². The Bertz CT molecular complexity index is 1330. The van der Waals surface area contributed by atoms with E-state index in [2.05, 4.69) is 42.8 Å². The second-order valence-corrected chi connectivity index (χ2v) is 7.96. The van der Waals surface area contributed by atoms with Crippen molar-refractivity contribution in [1.82, 2.24) is 25.3 Å². The van der Waals surface area contributed by atoms with Gasteiger partial charge in [-0.15, -0.1) is 0 Å². The maximum absolute atomic E-state index is 11.7. The van der Waals surface area contributed by atoms with Gasteiger partial charge in [-0.25, -0.2) is 15.0 Å². The van der Waals surface area contributed by atoms with Crippen LogP contribution in [0.4, 0.5) is 23.1 Å². The minimum Gasteiger partial charge on any atom is -0.366 e. The minimum absolute atomic E-state index is 0.272. The number of anilines is 4. The Morgan fingerprint density at radius 1 is 1.09 bits per heavy atom. The second-order valence-electron chi connectivity index (χ2n) is 7.96. The molecule has 4 heterocycles. The van der Waals surface area contributed by atoms with Gasteiger partial charge in [0.25, 0.3) is 0 Å². The maximum Gasteiger partial charge on any atom is 0.247 e. The fourth-order valence-corrected chi connectivity index (χ4v) is 3.83. The third kappa shape index (κ3) is 4.84. The number of hydrogen-bond acceptors (Lipinski definition) is 8. The molecule has 1 aromatic carbocycles. The molecule has 1 unspecified atom stereocenters. The number of nitrogens with one attached hydrogen (secondary N) is 4. The zero-order valence-corrected chi connectivity index (χ0v) is 18.5. The molecule has 170 valence electrons. The summed E-state index contributed by atoms with van der Waals surface area (Å²) in [6, 6.07) is 13.6. The molecule has 1 fully saturated rings. The van der Waals surface area contributed by atoms with Gasteiger partial charge in [0, 0.05) is 41.6 Å². The van der Waals surface area contributed by atoms with Gasteiger partial charge in [-0.1, -0.05) is 18.7 Å². The molecule has 0 aliphatic carbocycles. The van der Waals surface area contributed by atoms with Crippen molar-refractivity contribution < 1.29 is 4.79 Å². The molecule has 0 radical (unpaired) electrons. The monoisotopic (exact) mass is 452 g/mol. The predicted molar refractivity (Wildman–Crippen MR) is 134 cm³/mol. The summed E-state index contributed by atoms with van der Waals surface area (Å²) >= 11 is 0. The van der Waals surface area contributed by atoms with Crippen LogP contribution in [-0.4, -0.2) is 45.0 Å². The summed E-state index contributed by atoms with van der Waals surface area (Å²) in [5.74, 6) is 1.01. The van der Waals surface area contributed by atoms with Crippen LogP contribution < -0.4 is 21.3 Å². The molecule has 1 aliphatic rings. The third-order valence-corrected chi connectivity index (χ3v) is 5.52. The van der Waals surface area contributed by atoms with Crippen molar-refractivity contribution in [2.45, 2.75) is 12.5 Å². The average Bonchev–Trinajstić information content (AvgIpc) is 3.38. The van der Waals surface area contributed by atoms with Gasteiger partial charge in [-0.2, -0.15) is 0 Å². The molecule has 0 saturated carbocycles. The van der Waals surface area contributed by atoms with E-state index in [1.165, 1.54) is 6.08 Å². The number of hydrogen-bond donors (Lipinski definition) is 4. The molecule has 9 nitrogen and oxygen atoms in total. The van der Waals surface area contributed by atoms with Crippen LogP contribution in [0.1, 0.15) is 6.42 Å². The Morgan fingerprint density at radius 2 is 2.03 bits per heavy atom.